The molecule has 0 heterocycles. The van der Waals surface area contributed by atoms with E-state index in [1.807, 2.05) is 5.32 Å². The molecule has 0 aliphatic heterocycles. The zero-order valence-electron chi connectivity index (χ0n) is 7.48. The van der Waals surface area contributed by atoms with Gasteiger partial charge in [0.25, 0.3) is 6.43 Å². The summed E-state index contributed by atoms with van der Waals surface area (Å²) in [5.74, 6) is 0. The lowest BCUT2D eigenvalue weighted by atomic mass is 10.1. The first-order valence-corrected chi connectivity index (χ1v) is 4.09. The maximum atomic E-state index is 12.3. The zero-order chi connectivity index (χ0) is 11.5. The Labute approximate surface area is 82.9 Å². The summed E-state index contributed by atoms with van der Waals surface area (Å²) in [6.07, 6.45) is -7.22. The van der Waals surface area contributed by atoms with Crippen LogP contribution in [0.5, 0.6) is 0 Å². The van der Waals surface area contributed by atoms with Crippen LogP contribution in [0.1, 0.15) is 5.56 Å². The van der Waals surface area contributed by atoms with Crippen LogP contribution >= 0.6 is 0 Å². The topological polar surface area (TPSA) is 12.0 Å². The van der Waals surface area contributed by atoms with Crippen molar-refractivity contribution >= 4 is 5.69 Å². The molecule has 1 rings (SSSR count). The van der Waals surface area contributed by atoms with Gasteiger partial charge in [-0.3, -0.25) is 0 Å². The Morgan fingerprint density at radius 1 is 1.13 bits per heavy atom. The summed E-state index contributed by atoms with van der Waals surface area (Å²) in [7, 11) is 0. The van der Waals surface area contributed by atoms with Gasteiger partial charge in [-0.2, -0.15) is 13.2 Å². The molecule has 84 valence electrons. The van der Waals surface area contributed by atoms with E-state index >= 15 is 0 Å². The molecule has 1 aromatic carbocycles. The van der Waals surface area contributed by atoms with Crippen molar-refractivity contribution in [3.05, 3.63) is 29.8 Å². The molecule has 0 spiro atoms. The standard InChI is InChI=1S/C9H8F5N/c10-8(11)5-15-7-4-2-1-3-6(7)9(12,13)14/h1-4,8,15H,5H2. The van der Waals surface area contributed by atoms with Crippen molar-refractivity contribution in [2.75, 3.05) is 11.9 Å². The molecule has 0 aliphatic rings. The minimum Gasteiger partial charge on any atom is -0.379 e. The number of hydrogen-bond acceptors (Lipinski definition) is 1. The van der Waals surface area contributed by atoms with E-state index in [0.717, 1.165) is 12.1 Å². The third-order valence-electron chi connectivity index (χ3n) is 1.68. The second-order valence-corrected chi connectivity index (χ2v) is 2.82. The summed E-state index contributed by atoms with van der Waals surface area (Å²) in [5, 5.41) is 2.05. The van der Waals surface area contributed by atoms with Crippen molar-refractivity contribution in [1.82, 2.24) is 0 Å². The second kappa shape index (κ2) is 4.46. The molecule has 1 aromatic rings. The van der Waals surface area contributed by atoms with Crippen molar-refractivity contribution in [3.8, 4) is 0 Å². The fourth-order valence-electron chi connectivity index (χ4n) is 1.07. The normalized spacial score (nSPS) is 11.9. The van der Waals surface area contributed by atoms with E-state index in [9.17, 15) is 22.0 Å². The summed E-state index contributed by atoms with van der Waals surface area (Å²) >= 11 is 0. The summed E-state index contributed by atoms with van der Waals surface area (Å²) in [5.41, 5.74) is -1.27. The monoisotopic (exact) mass is 225 g/mol. The quantitative estimate of drug-likeness (QED) is 0.777. The van der Waals surface area contributed by atoms with E-state index in [1.165, 1.54) is 12.1 Å². The molecular formula is C9H8F5N. The first-order chi connectivity index (χ1) is 6.91. The third-order valence-corrected chi connectivity index (χ3v) is 1.68. The molecule has 0 bridgehead atoms. The number of rotatable bonds is 3. The Balaban J connectivity index is 2.87. The van der Waals surface area contributed by atoms with Crippen LogP contribution in [-0.4, -0.2) is 13.0 Å². The van der Waals surface area contributed by atoms with Crippen molar-refractivity contribution in [1.29, 1.82) is 0 Å². The second-order valence-electron chi connectivity index (χ2n) is 2.82. The van der Waals surface area contributed by atoms with Gasteiger partial charge < -0.3 is 5.32 Å². The molecule has 1 N–H and O–H groups in total. The van der Waals surface area contributed by atoms with Crippen molar-refractivity contribution in [3.63, 3.8) is 0 Å². The van der Waals surface area contributed by atoms with Crippen LogP contribution in [0.4, 0.5) is 27.6 Å². The van der Waals surface area contributed by atoms with E-state index in [2.05, 4.69) is 0 Å². The fourth-order valence-corrected chi connectivity index (χ4v) is 1.07. The molecule has 0 fully saturated rings. The molecule has 0 unspecified atom stereocenters. The molecule has 0 saturated heterocycles. The molecule has 0 aliphatic carbocycles. The zero-order valence-corrected chi connectivity index (χ0v) is 7.48. The average molecular weight is 225 g/mol. The number of nitrogens with one attached hydrogen (secondary N) is 1. The highest BCUT2D eigenvalue weighted by Gasteiger charge is 2.33. The number of benzene rings is 1. The van der Waals surface area contributed by atoms with Crippen LogP contribution in [0, 0.1) is 0 Å². The highest BCUT2D eigenvalue weighted by molar-refractivity contribution is 5.52. The van der Waals surface area contributed by atoms with E-state index in [0.29, 0.717) is 0 Å². The first kappa shape index (κ1) is 11.7. The number of anilines is 1. The molecule has 0 saturated carbocycles. The van der Waals surface area contributed by atoms with Gasteiger partial charge in [0, 0.05) is 5.69 Å². The lowest BCUT2D eigenvalue weighted by Gasteiger charge is -2.13. The predicted molar refractivity (Wildman–Crippen MR) is 45.9 cm³/mol. The van der Waals surface area contributed by atoms with Gasteiger partial charge >= 0.3 is 6.18 Å². The molecule has 6 heteroatoms. The maximum Gasteiger partial charge on any atom is 0.418 e. The van der Waals surface area contributed by atoms with Gasteiger partial charge in [-0.15, -0.1) is 0 Å². The average Bonchev–Trinajstić information content (AvgIpc) is 2.13. The number of alkyl halides is 5. The lowest BCUT2D eigenvalue weighted by Crippen LogP contribution is -2.15. The molecule has 15 heavy (non-hydrogen) atoms. The van der Waals surface area contributed by atoms with Gasteiger partial charge in [-0.25, -0.2) is 8.78 Å². The summed E-state index contributed by atoms with van der Waals surface area (Å²) in [6, 6.07) is 4.51. The Bertz CT molecular complexity index is 321. The van der Waals surface area contributed by atoms with Crippen LogP contribution < -0.4 is 5.32 Å². The molecule has 0 amide bonds. The number of hydrogen-bond donors (Lipinski definition) is 1. The first-order valence-electron chi connectivity index (χ1n) is 4.09. The maximum absolute atomic E-state index is 12.3. The van der Waals surface area contributed by atoms with Crippen molar-refractivity contribution < 1.29 is 22.0 Å². The van der Waals surface area contributed by atoms with Gasteiger partial charge in [-0.1, -0.05) is 12.1 Å². The number of halogens is 5. The predicted octanol–water partition coefficient (Wildman–Crippen LogP) is 3.38. The lowest BCUT2D eigenvalue weighted by molar-refractivity contribution is -0.137. The van der Waals surface area contributed by atoms with E-state index < -0.39 is 24.7 Å². The van der Waals surface area contributed by atoms with E-state index in [4.69, 9.17) is 0 Å². The highest BCUT2D eigenvalue weighted by atomic mass is 19.4. The largest absolute Gasteiger partial charge is 0.418 e. The van der Waals surface area contributed by atoms with Gasteiger partial charge in [0.1, 0.15) is 0 Å². The van der Waals surface area contributed by atoms with Crippen LogP contribution in [-0.2, 0) is 6.18 Å². The Kier molecular flexibility index (Phi) is 3.49. The minimum absolute atomic E-state index is 0.328. The number of para-hydroxylation sites is 1. The molecule has 0 radical (unpaired) electrons. The van der Waals surface area contributed by atoms with Crippen molar-refractivity contribution in [2.24, 2.45) is 0 Å². The Morgan fingerprint density at radius 2 is 1.73 bits per heavy atom. The van der Waals surface area contributed by atoms with Gasteiger partial charge in [0.05, 0.1) is 12.1 Å². The summed E-state index contributed by atoms with van der Waals surface area (Å²) < 4.78 is 60.6. The van der Waals surface area contributed by atoms with Crippen LogP contribution in [0.2, 0.25) is 0 Å². The SMILES string of the molecule is FC(F)CNc1ccccc1C(F)(F)F. The Morgan fingerprint density at radius 3 is 2.27 bits per heavy atom. The molecule has 1 nitrogen and oxygen atoms in total. The smallest absolute Gasteiger partial charge is 0.379 e. The minimum atomic E-state index is -4.54. The fraction of sp³-hybridized carbons (Fsp3) is 0.333. The van der Waals surface area contributed by atoms with Gasteiger partial charge in [0.15, 0.2) is 0 Å². The molecule has 0 atom stereocenters. The van der Waals surface area contributed by atoms with E-state index in [1.54, 1.807) is 0 Å². The van der Waals surface area contributed by atoms with Crippen LogP contribution in [0.15, 0.2) is 24.3 Å². The van der Waals surface area contributed by atoms with Gasteiger partial charge in [0.2, 0.25) is 0 Å². The summed E-state index contributed by atoms with van der Waals surface area (Å²) in [6.45, 7) is -0.799. The highest BCUT2D eigenvalue weighted by Crippen LogP contribution is 2.34. The van der Waals surface area contributed by atoms with E-state index in [-0.39, 0.29) is 5.69 Å². The molecular weight excluding hydrogens is 217 g/mol. The van der Waals surface area contributed by atoms with Gasteiger partial charge in [-0.05, 0) is 12.1 Å². The third kappa shape index (κ3) is 3.38. The summed E-state index contributed by atoms with van der Waals surface area (Å²) in [4.78, 5) is 0. The van der Waals surface area contributed by atoms with Crippen LogP contribution in [0.3, 0.4) is 0 Å². The van der Waals surface area contributed by atoms with Crippen LogP contribution in [0.25, 0.3) is 0 Å². The van der Waals surface area contributed by atoms with Crippen molar-refractivity contribution in [2.45, 2.75) is 12.6 Å². The molecule has 0 aromatic heterocycles. The Hall–Kier alpha value is -1.33.